The third-order valence-electron chi connectivity index (χ3n) is 8.71. The van der Waals surface area contributed by atoms with Gasteiger partial charge in [-0.15, -0.1) is 11.3 Å². The highest BCUT2D eigenvalue weighted by atomic mass is 32.1. The zero-order chi connectivity index (χ0) is 26.0. The highest BCUT2D eigenvalue weighted by Crippen LogP contribution is 2.51. The third-order valence-corrected chi connectivity index (χ3v) is 9.92. The highest BCUT2D eigenvalue weighted by molar-refractivity contribution is 7.33. The standard InChI is InChI=1S/C33H28BNO2S/c1-18-9-12-26-20(15-18)29-31(38-26)34-23-13-14-35-28(30(23)37-25-8-6-7-24(36-29)27(25)34)19-10-11-21-22(16-19)33(4,5)17-32(21,2)3/h6-16H,17H2,1-5H3. The van der Waals surface area contributed by atoms with Crippen molar-refractivity contribution in [1.82, 2.24) is 4.98 Å². The molecule has 0 saturated carbocycles. The molecule has 38 heavy (non-hydrogen) atoms. The van der Waals surface area contributed by atoms with Gasteiger partial charge in [0, 0.05) is 32.1 Å². The predicted molar refractivity (Wildman–Crippen MR) is 158 cm³/mol. The second-order valence-electron chi connectivity index (χ2n) is 12.4. The normalized spacial score (nSPS) is 17.2. The first kappa shape index (κ1) is 22.4. The lowest BCUT2D eigenvalue weighted by Crippen LogP contribution is -2.56. The van der Waals surface area contributed by atoms with Gasteiger partial charge < -0.3 is 9.47 Å². The lowest BCUT2D eigenvalue weighted by molar-refractivity contribution is 0.403. The van der Waals surface area contributed by atoms with Crippen molar-refractivity contribution in [2.75, 3.05) is 0 Å². The first-order valence-electron chi connectivity index (χ1n) is 13.4. The van der Waals surface area contributed by atoms with Gasteiger partial charge in [-0.05, 0) is 77.2 Å². The summed E-state index contributed by atoms with van der Waals surface area (Å²) in [6.45, 7) is 11.6. The number of aromatic nitrogens is 1. The number of hydrogen-bond acceptors (Lipinski definition) is 4. The average molecular weight is 513 g/mol. The number of fused-ring (bicyclic) bond motifs is 7. The Morgan fingerprint density at radius 3 is 2.42 bits per heavy atom. The summed E-state index contributed by atoms with van der Waals surface area (Å²) in [7, 11) is 0. The summed E-state index contributed by atoms with van der Waals surface area (Å²) in [4.78, 5) is 4.91. The summed E-state index contributed by atoms with van der Waals surface area (Å²) in [5.74, 6) is 3.58. The Morgan fingerprint density at radius 1 is 0.842 bits per heavy atom. The monoisotopic (exact) mass is 513 g/mol. The summed E-state index contributed by atoms with van der Waals surface area (Å²) >= 11 is 1.83. The predicted octanol–water partition coefficient (Wildman–Crippen LogP) is 6.96. The van der Waals surface area contributed by atoms with E-state index < -0.39 is 0 Å². The zero-order valence-electron chi connectivity index (χ0n) is 22.3. The van der Waals surface area contributed by atoms with Gasteiger partial charge in [0.2, 0.25) is 0 Å². The minimum atomic E-state index is 0.0537. The Kier molecular flexibility index (Phi) is 4.30. The highest BCUT2D eigenvalue weighted by Gasteiger charge is 2.44. The van der Waals surface area contributed by atoms with Crippen molar-refractivity contribution in [2.45, 2.75) is 51.9 Å². The molecule has 3 nitrogen and oxygen atoms in total. The van der Waals surface area contributed by atoms with Gasteiger partial charge in [0.1, 0.15) is 28.7 Å². The molecular formula is C33H28BNO2S. The lowest BCUT2D eigenvalue weighted by Gasteiger charge is -2.32. The van der Waals surface area contributed by atoms with Crippen LogP contribution in [0.4, 0.5) is 0 Å². The molecule has 0 N–H and O–H groups in total. The number of nitrogens with zero attached hydrogens (tertiary/aromatic N) is 1. The Bertz CT molecular complexity index is 1830. The number of benzene rings is 3. The van der Waals surface area contributed by atoms with Gasteiger partial charge in [0.25, 0.3) is 6.71 Å². The second kappa shape index (κ2) is 7.30. The molecule has 0 bridgehead atoms. The molecule has 5 heteroatoms. The van der Waals surface area contributed by atoms with Crippen molar-refractivity contribution >= 4 is 43.8 Å². The molecule has 0 saturated heterocycles. The summed E-state index contributed by atoms with van der Waals surface area (Å²) < 4.78 is 15.8. The van der Waals surface area contributed by atoms with Crippen LogP contribution in [0.25, 0.3) is 21.3 Å². The molecule has 0 fully saturated rings. The van der Waals surface area contributed by atoms with Crippen LogP contribution in [0.5, 0.6) is 23.0 Å². The van der Waals surface area contributed by atoms with Crippen LogP contribution in [0.3, 0.4) is 0 Å². The van der Waals surface area contributed by atoms with Gasteiger partial charge >= 0.3 is 0 Å². The SMILES string of the molecule is Cc1ccc2sc3c(c2c1)Oc1cccc2c1B3c1ccnc(-c3ccc4c(c3)C(C)(C)CC4(C)C)c1O2. The quantitative estimate of drug-likeness (QED) is 0.223. The number of thiophene rings is 1. The summed E-state index contributed by atoms with van der Waals surface area (Å²) in [6.07, 6.45) is 3.09. The van der Waals surface area contributed by atoms with E-state index in [1.54, 1.807) is 0 Å². The third kappa shape index (κ3) is 2.94. The number of ether oxygens (including phenoxy) is 2. The number of aryl methyl sites for hydroxylation is 1. The van der Waals surface area contributed by atoms with Gasteiger partial charge in [0.15, 0.2) is 0 Å². The van der Waals surface area contributed by atoms with E-state index in [1.165, 1.54) is 31.6 Å². The average Bonchev–Trinajstić information content (AvgIpc) is 3.33. The van der Waals surface area contributed by atoms with E-state index in [9.17, 15) is 0 Å². The molecular weight excluding hydrogens is 485 g/mol. The van der Waals surface area contributed by atoms with Crippen LogP contribution in [0.15, 0.2) is 66.9 Å². The van der Waals surface area contributed by atoms with Gasteiger partial charge in [-0.1, -0.05) is 57.5 Å². The van der Waals surface area contributed by atoms with Crippen LogP contribution in [0.2, 0.25) is 0 Å². The van der Waals surface area contributed by atoms with Crippen molar-refractivity contribution in [3.05, 3.63) is 83.6 Å². The lowest BCUT2D eigenvalue weighted by atomic mass is 9.37. The number of pyridine rings is 1. The van der Waals surface area contributed by atoms with Crippen LogP contribution in [0.1, 0.15) is 50.8 Å². The molecule has 0 spiro atoms. The molecule has 4 heterocycles. The fourth-order valence-corrected chi connectivity index (χ4v) is 8.52. The van der Waals surface area contributed by atoms with E-state index in [1.807, 2.05) is 23.6 Å². The molecule has 186 valence electrons. The van der Waals surface area contributed by atoms with E-state index in [0.29, 0.717) is 0 Å². The fourth-order valence-electron chi connectivity index (χ4n) is 7.28. The molecule has 2 aromatic heterocycles. The van der Waals surface area contributed by atoms with Crippen LogP contribution in [-0.2, 0) is 10.8 Å². The maximum atomic E-state index is 6.69. The molecule has 3 aliphatic rings. The fraction of sp³-hybridized carbons (Fsp3) is 0.242. The summed E-state index contributed by atoms with van der Waals surface area (Å²) in [5.41, 5.74) is 8.70. The maximum Gasteiger partial charge on any atom is 0.273 e. The Labute approximate surface area is 227 Å². The molecule has 3 aromatic carbocycles. The minimum Gasteiger partial charge on any atom is -0.457 e. The number of hydrogen-bond donors (Lipinski definition) is 0. The molecule has 1 aliphatic carbocycles. The van der Waals surface area contributed by atoms with E-state index in [4.69, 9.17) is 14.5 Å². The molecule has 0 radical (unpaired) electrons. The van der Waals surface area contributed by atoms with Crippen LogP contribution >= 0.6 is 11.3 Å². The van der Waals surface area contributed by atoms with Crippen molar-refractivity contribution in [2.24, 2.45) is 0 Å². The van der Waals surface area contributed by atoms with Gasteiger partial charge in [0.05, 0.1) is 0 Å². The second-order valence-corrected chi connectivity index (χ2v) is 13.5. The maximum absolute atomic E-state index is 6.69. The largest absolute Gasteiger partial charge is 0.457 e. The Hall–Kier alpha value is -3.57. The molecule has 8 rings (SSSR count). The van der Waals surface area contributed by atoms with Crippen molar-refractivity contribution in [1.29, 1.82) is 0 Å². The molecule has 0 amide bonds. The smallest absolute Gasteiger partial charge is 0.273 e. The number of rotatable bonds is 1. The molecule has 0 atom stereocenters. The van der Waals surface area contributed by atoms with Gasteiger partial charge in [-0.2, -0.15) is 0 Å². The van der Waals surface area contributed by atoms with E-state index >= 15 is 0 Å². The van der Waals surface area contributed by atoms with Gasteiger partial charge in [-0.25, -0.2) is 0 Å². The van der Waals surface area contributed by atoms with Crippen LogP contribution < -0.4 is 25.2 Å². The van der Waals surface area contributed by atoms with Crippen molar-refractivity contribution < 1.29 is 9.47 Å². The van der Waals surface area contributed by atoms with Crippen molar-refractivity contribution in [3.63, 3.8) is 0 Å². The van der Waals surface area contributed by atoms with Crippen LogP contribution in [0, 0.1) is 6.92 Å². The van der Waals surface area contributed by atoms with E-state index in [2.05, 4.69) is 89.2 Å². The summed E-state index contributed by atoms with van der Waals surface area (Å²) in [5, 5.41) is 1.19. The molecule has 5 aromatic rings. The van der Waals surface area contributed by atoms with E-state index in [0.717, 1.165) is 51.6 Å². The first-order chi connectivity index (χ1) is 18.2. The topological polar surface area (TPSA) is 31.4 Å². The zero-order valence-corrected chi connectivity index (χ0v) is 23.1. The van der Waals surface area contributed by atoms with E-state index in [-0.39, 0.29) is 17.5 Å². The Morgan fingerprint density at radius 2 is 1.61 bits per heavy atom. The molecule has 0 unspecified atom stereocenters. The Balaban J connectivity index is 1.36. The first-order valence-corrected chi connectivity index (χ1v) is 14.2. The van der Waals surface area contributed by atoms with Crippen LogP contribution in [-0.4, -0.2) is 11.7 Å². The van der Waals surface area contributed by atoms with Gasteiger partial charge in [-0.3, -0.25) is 4.98 Å². The summed E-state index contributed by atoms with van der Waals surface area (Å²) in [6, 6.07) is 21.8. The van der Waals surface area contributed by atoms with Crippen molar-refractivity contribution in [3.8, 4) is 34.3 Å². The molecule has 2 aliphatic heterocycles. The minimum absolute atomic E-state index is 0.0537.